The first-order valence-electron chi connectivity index (χ1n) is 13.2. The number of nitrogens with zero attached hydrogens (tertiary/aromatic N) is 3. The second-order valence-electron chi connectivity index (χ2n) is 10.6. The lowest BCUT2D eigenvalue weighted by Gasteiger charge is -2.35. The number of rotatable bonds is 8. The van der Waals surface area contributed by atoms with Gasteiger partial charge < -0.3 is 15.1 Å². The lowest BCUT2D eigenvalue weighted by molar-refractivity contribution is 0.0952. The zero-order valence-electron chi connectivity index (χ0n) is 21.0. The SMILES string of the molecule is CC1CCN(c2ccc(C(=O)NCCCN3CCCC3)cc2S(=O)(=O)N2CCC(C)CC2)CC1. The van der Waals surface area contributed by atoms with E-state index in [9.17, 15) is 13.2 Å². The maximum atomic E-state index is 13.8. The molecule has 8 heteroatoms. The fourth-order valence-electron chi connectivity index (χ4n) is 5.35. The van der Waals surface area contributed by atoms with Crippen molar-refractivity contribution in [3.63, 3.8) is 0 Å². The minimum Gasteiger partial charge on any atom is -0.370 e. The molecular formula is C26H42N4O3S. The van der Waals surface area contributed by atoms with Crippen LogP contribution in [0.4, 0.5) is 5.69 Å². The molecule has 0 saturated carbocycles. The number of hydrogen-bond acceptors (Lipinski definition) is 5. The molecule has 1 aromatic rings. The van der Waals surface area contributed by atoms with Gasteiger partial charge in [0, 0.05) is 38.3 Å². The summed E-state index contributed by atoms with van der Waals surface area (Å²) in [5.74, 6) is 1.02. The molecule has 3 saturated heterocycles. The fourth-order valence-corrected chi connectivity index (χ4v) is 7.06. The van der Waals surface area contributed by atoms with Crippen LogP contribution in [-0.2, 0) is 10.0 Å². The Balaban J connectivity index is 1.51. The van der Waals surface area contributed by atoms with E-state index in [2.05, 4.69) is 29.0 Å². The van der Waals surface area contributed by atoms with Crippen molar-refractivity contribution >= 4 is 21.6 Å². The molecule has 0 aliphatic carbocycles. The number of carbonyl (C=O) groups is 1. The van der Waals surface area contributed by atoms with Crippen LogP contribution in [0.5, 0.6) is 0 Å². The Labute approximate surface area is 205 Å². The van der Waals surface area contributed by atoms with E-state index in [1.165, 1.54) is 12.8 Å². The van der Waals surface area contributed by atoms with Crippen molar-refractivity contribution in [3.05, 3.63) is 23.8 Å². The molecule has 0 atom stereocenters. The first kappa shape index (κ1) is 25.5. The van der Waals surface area contributed by atoms with Gasteiger partial charge in [0.1, 0.15) is 4.90 Å². The largest absolute Gasteiger partial charge is 0.370 e. The Morgan fingerprint density at radius 1 is 0.941 bits per heavy atom. The molecule has 3 heterocycles. The lowest BCUT2D eigenvalue weighted by atomic mass is 9.98. The predicted octanol–water partition coefficient (Wildman–Crippen LogP) is 3.56. The summed E-state index contributed by atoms with van der Waals surface area (Å²) in [5, 5.41) is 3.00. The molecule has 3 aliphatic heterocycles. The predicted molar refractivity (Wildman–Crippen MR) is 137 cm³/mol. The topological polar surface area (TPSA) is 73.0 Å². The molecule has 3 aliphatic rings. The van der Waals surface area contributed by atoms with Crippen molar-refractivity contribution in [2.45, 2.75) is 63.7 Å². The molecule has 7 nitrogen and oxygen atoms in total. The number of sulfonamides is 1. The van der Waals surface area contributed by atoms with Gasteiger partial charge in [-0.15, -0.1) is 0 Å². The summed E-state index contributed by atoms with van der Waals surface area (Å²) < 4.78 is 29.2. The van der Waals surface area contributed by atoms with Gasteiger partial charge in [-0.3, -0.25) is 4.79 Å². The van der Waals surface area contributed by atoms with E-state index in [1.807, 2.05) is 6.07 Å². The van der Waals surface area contributed by atoms with Crippen LogP contribution >= 0.6 is 0 Å². The third-order valence-corrected chi connectivity index (χ3v) is 9.77. The molecule has 0 spiro atoms. The first-order chi connectivity index (χ1) is 16.3. The van der Waals surface area contributed by atoms with Gasteiger partial charge in [-0.25, -0.2) is 8.42 Å². The molecule has 1 N–H and O–H groups in total. The Morgan fingerprint density at radius 3 is 2.21 bits per heavy atom. The molecule has 4 rings (SSSR count). The van der Waals surface area contributed by atoms with Crippen LogP contribution in [-0.4, -0.2) is 75.9 Å². The van der Waals surface area contributed by atoms with Gasteiger partial charge >= 0.3 is 0 Å². The van der Waals surface area contributed by atoms with Gasteiger partial charge in [-0.1, -0.05) is 13.8 Å². The van der Waals surface area contributed by atoms with Crippen LogP contribution < -0.4 is 10.2 Å². The van der Waals surface area contributed by atoms with E-state index in [0.717, 1.165) is 70.5 Å². The van der Waals surface area contributed by atoms with Crippen molar-refractivity contribution in [2.75, 3.05) is 57.3 Å². The highest BCUT2D eigenvalue weighted by Crippen LogP contribution is 2.33. The molecule has 190 valence electrons. The van der Waals surface area contributed by atoms with Crippen molar-refractivity contribution in [1.29, 1.82) is 0 Å². The van der Waals surface area contributed by atoms with Gasteiger partial charge in [-0.2, -0.15) is 4.31 Å². The molecule has 1 aromatic carbocycles. The standard InChI is InChI=1S/C26H42N4O3S/c1-21-8-16-29(17-9-21)24-7-6-23(26(31)27-12-5-15-28-13-3-4-14-28)20-25(24)34(32,33)30-18-10-22(2)11-19-30/h6-7,20-22H,3-5,8-19H2,1-2H3,(H,27,31). The number of hydrogen-bond donors (Lipinski definition) is 1. The number of piperidine rings is 2. The minimum absolute atomic E-state index is 0.191. The van der Waals surface area contributed by atoms with Gasteiger partial charge in [0.25, 0.3) is 5.91 Å². The van der Waals surface area contributed by atoms with Crippen LogP contribution in [0.2, 0.25) is 0 Å². The molecule has 0 unspecified atom stereocenters. The van der Waals surface area contributed by atoms with E-state index in [1.54, 1.807) is 16.4 Å². The van der Waals surface area contributed by atoms with E-state index in [4.69, 9.17) is 0 Å². The average Bonchev–Trinajstić information content (AvgIpc) is 3.36. The quantitative estimate of drug-likeness (QED) is 0.564. The van der Waals surface area contributed by atoms with E-state index in [0.29, 0.717) is 41.9 Å². The molecule has 0 radical (unpaired) electrons. The molecular weight excluding hydrogens is 448 g/mol. The third kappa shape index (κ3) is 6.13. The number of benzene rings is 1. The van der Waals surface area contributed by atoms with Crippen LogP contribution in [0, 0.1) is 11.8 Å². The van der Waals surface area contributed by atoms with E-state index in [-0.39, 0.29) is 5.91 Å². The Bertz CT molecular complexity index is 929. The second-order valence-corrected chi connectivity index (χ2v) is 12.5. The zero-order valence-corrected chi connectivity index (χ0v) is 21.8. The van der Waals surface area contributed by atoms with Crippen LogP contribution in [0.25, 0.3) is 0 Å². The summed E-state index contributed by atoms with van der Waals surface area (Å²) in [6, 6.07) is 5.27. The molecule has 34 heavy (non-hydrogen) atoms. The average molecular weight is 491 g/mol. The van der Waals surface area contributed by atoms with Crippen molar-refractivity contribution < 1.29 is 13.2 Å². The van der Waals surface area contributed by atoms with Gasteiger partial charge in [0.15, 0.2) is 0 Å². The van der Waals surface area contributed by atoms with Gasteiger partial charge in [0.2, 0.25) is 10.0 Å². The number of nitrogens with one attached hydrogen (secondary N) is 1. The normalized spacial score (nSPS) is 21.8. The van der Waals surface area contributed by atoms with Crippen molar-refractivity contribution in [3.8, 4) is 0 Å². The van der Waals surface area contributed by atoms with Crippen molar-refractivity contribution in [2.24, 2.45) is 11.8 Å². The first-order valence-corrected chi connectivity index (χ1v) is 14.7. The maximum absolute atomic E-state index is 13.8. The van der Waals surface area contributed by atoms with E-state index < -0.39 is 10.0 Å². The fraction of sp³-hybridized carbons (Fsp3) is 0.731. The molecule has 3 fully saturated rings. The maximum Gasteiger partial charge on any atom is 0.251 e. The van der Waals surface area contributed by atoms with Crippen molar-refractivity contribution in [1.82, 2.24) is 14.5 Å². The highest BCUT2D eigenvalue weighted by molar-refractivity contribution is 7.89. The van der Waals surface area contributed by atoms with Gasteiger partial charge in [-0.05, 0) is 94.6 Å². The van der Waals surface area contributed by atoms with E-state index >= 15 is 0 Å². The number of amides is 1. The summed E-state index contributed by atoms with van der Waals surface area (Å²) in [7, 11) is -3.67. The minimum atomic E-state index is -3.67. The number of carbonyl (C=O) groups excluding carboxylic acids is 1. The summed E-state index contributed by atoms with van der Waals surface area (Å²) in [5.41, 5.74) is 1.18. The Hall–Kier alpha value is -1.64. The smallest absolute Gasteiger partial charge is 0.251 e. The number of likely N-dealkylation sites (tertiary alicyclic amines) is 1. The second kappa shape index (κ2) is 11.4. The molecule has 1 amide bonds. The summed E-state index contributed by atoms with van der Waals surface area (Å²) in [4.78, 5) is 17.8. The van der Waals surface area contributed by atoms with Crippen LogP contribution in [0.1, 0.15) is 69.2 Å². The third-order valence-electron chi connectivity index (χ3n) is 7.84. The highest BCUT2D eigenvalue weighted by atomic mass is 32.2. The molecule has 0 aromatic heterocycles. The Kier molecular flexibility index (Phi) is 8.53. The number of anilines is 1. The zero-order chi connectivity index (χ0) is 24.1. The lowest BCUT2D eigenvalue weighted by Crippen LogP contribution is -2.40. The highest BCUT2D eigenvalue weighted by Gasteiger charge is 2.32. The van der Waals surface area contributed by atoms with Crippen LogP contribution in [0.15, 0.2) is 23.1 Å². The van der Waals surface area contributed by atoms with Crippen LogP contribution in [0.3, 0.4) is 0 Å². The molecule has 0 bridgehead atoms. The Morgan fingerprint density at radius 2 is 1.56 bits per heavy atom. The monoisotopic (exact) mass is 490 g/mol. The summed E-state index contributed by atoms with van der Waals surface area (Å²) in [6.45, 7) is 11.1. The van der Waals surface area contributed by atoms with Gasteiger partial charge in [0.05, 0.1) is 5.69 Å². The summed E-state index contributed by atoms with van der Waals surface area (Å²) >= 11 is 0. The summed E-state index contributed by atoms with van der Waals surface area (Å²) in [6.07, 6.45) is 7.32.